The molecule has 0 spiro atoms. The molecule has 0 aliphatic carbocycles. The molecule has 1 heterocycles. The molecule has 2 rings (SSSR count). The topological polar surface area (TPSA) is 64.9 Å². The molecule has 7 heteroatoms. The van der Waals surface area contributed by atoms with Gasteiger partial charge >= 0.3 is 0 Å². The van der Waals surface area contributed by atoms with Gasteiger partial charge in [-0.25, -0.2) is 8.78 Å². The van der Waals surface area contributed by atoms with Crippen LogP contribution in [-0.2, 0) is 6.42 Å². The Morgan fingerprint density at radius 2 is 2.06 bits per heavy atom. The van der Waals surface area contributed by atoms with E-state index in [2.05, 4.69) is 10.1 Å². The molecule has 2 N–H and O–H groups in total. The second-order valence-electron chi connectivity index (χ2n) is 3.82. The van der Waals surface area contributed by atoms with Crippen LogP contribution in [-0.4, -0.2) is 16.2 Å². The minimum Gasteiger partial charge on any atom is -0.339 e. The average molecular weight is 276 g/mol. The lowest BCUT2D eigenvalue weighted by Gasteiger charge is -1.97. The van der Waals surface area contributed by atoms with E-state index in [1.54, 1.807) is 6.92 Å². The fraction of sp³-hybridized carbons (Fsp3) is 0.273. The molecule has 0 aliphatic rings. The Bertz CT molecular complexity index is 531. The smallest absolute Gasteiger partial charge is 0.228 e. The van der Waals surface area contributed by atoms with Crippen molar-refractivity contribution in [3.63, 3.8) is 0 Å². The first kappa shape index (κ1) is 14.5. The maximum atomic E-state index is 13.0. The highest BCUT2D eigenvalue weighted by molar-refractivity contribution is 5.85. The van der Waals surface area contributed by atoms with E-state index in [9.17, 15) is 8.78 Å². The zero-order chi connectivity index (χ0) is 12.4. The quantitative estimate of drug-likeness (QED) is 0.934. The second kappa shape index (κ2) is 5.88. The van der Waals surface area contributed by atoms with Crippen molar-refractivity contribution in [2.24, 2.45) is 5.73 Å². The summed E-state index contributed by atoms with van der Waals surface area (Å²) in [6, 6.07) is 3.33. The number of aromatic nitrogens is 2. The molecular weight excluding hydrogens is 264 g/mol. The first-order chi connectivity index (χ1) is 8.06. The van der Waals surface area contributed by atoms with Crippen LogP contribution in [0, 0.1) is 11.6 Å². The zero-order valence-corrected chi connectivity index (χ0v) is 10.4. The van der Waals surface area contributed by atoms with E-state index in [0.29, 0.717) is 17.9 Å². The summed E-state index contributed by atoms with van der Waals surface area (Å²) in [4.78, 5) is 4.04. The SMILES string of the molecule is CC(N)Cc1nc(-c2ccc(F)c(F)c2)no1.Cl. The summed E-state index contributed by atoms with van der Waals surface area (Å²) in [5.41, 5.74) is 5.94. The predicted molar refractivity (Wildman–Crippen MR) is 64.3 cm³/mol. The Morgan fingerprint density at radius 3 is 2.67 bits per heavy atom. The summed E-state index contributed by atoms with van der Waals surface area (Å²) >= 11 is 0. The molecular formula is C11H12ClF2N3O. The molecule has 1 aromatic carbocycles. The van der Waals surface area contributed by atoms with Gasteiger partial charge in [-0.3, -0.25) is 0 Å². The Labute approximate surface area is 109 Å². The number of rotatable bonds is 3. The van der Waals surface area contributed by atoms with Gasteiger partial charge in [0.05, 0.1) is 0 Å². The van der Waals surface area contributed by atoms with E-state index in [0.717, 1.165) is 12.1 Å². The van der Waals surface area contributed by atoms with Crippen LogP contribution in [0.2, 0.25) is 0 Å². The van der Waals surface area contributed by atoms with E-state index < -0.39 is 11.6 Å². The molecule has 18 heavy (non-hydrogen) atoms. The highest BCUT2D eigenvalue weighted by Crippen LogP contribution is 2.18. The van der Waals surface area contributed by atoms with Crippen molar-refractivity contribution in [3.8, 4) is 11.4 Å². The second-order valence-corrected chi connectivity index (χ2v) is 3.82. The first-order valence-electron chi connectivity index (χ1n) is 5.10. The van der Waals surface area contributed by atoms with E-state index in [4.69, 9.17) is 10.3 Å². The molecule has 0 amide bonds. The van der Waals surface area contributed by atoms with Gasteiger partial charge < -0.3 is 10.3 Å². The summed E-state index contributed by atoms with van der Waals surface area (Å²) in [6.45, 7) is 1.81. The molecule has 4 nitrogen and oxygen atoms in total. The minimum atomic E-state index is -0.943. The Morgan fingerprint density at radius 1 is 1.33 bits per heavy atom. The third-order valence-electron chi connectivity index (χ3n) is 2.14. The molecule has 1 unspecified atom stereocenters. The summed E-state index contributed by atoms with van der Waals surface area (Å²) in [5, 5.41) is 3.68. The van der Waals surface area contributed by atoms with Crippen molar-refractivity contribution >= 4 is 12.4 Å². The highest BCUT2D eigenvalue weighted by Gasteiger charge is 2.12. The van der Waals surface area contributed by atoms with Crippen molar-refractivity contribution in [3.05, 3.63) is 35.7 Å². The number of benzene rings is 1. The first-order valence-corrected chi connectivity index (χ1v) is 5.10. The standard InChI is InChI=1S/C11H11F2N3O.ClH/c1-6(14)4-10-15-11(16-17-10)7-2-3-8(12)9(13)5-7;/h2-3,5-6H,4,14H2,1H3;1H. The van der Waals surface area contributed by atoms with Gasteiger partial charge in [-0.05, 0) is 25.1 Å². The van der Waals surface area contributed by atoms with Gasteiger partial charge in [0.1, 0.15) is 0 Å². The highest BCUT2D eigenvalue weighted by atomic mass is 35.5. The number of hydrogen-bond acceptors (Lipinski definition) is 4. The van der Waals surface area contributed by atoms with E-state index in [1.165, 1.54) is 6.07 Å². The molecule has 0 aliphatic heterocycles. The predicted octanol–water partition coefficient (Wildman–Crippen LogP) is 2.33. The van der Waals surface area contributed by atoms with Crippen LogP contribution in [0.5, 0.6) is 0 Å². The van der Waals surface area contributed by atoms with Gasteiger partial charge in [0.25, 0.3) is 0 Å². The zero-order valence-electron chi connectivity index (χ0n) is 9.56. The van der Waals surface area contributed by atoms with E-state index in [1.807, 2.05) is 0 Å². The molecule has 0 saturated heterocycles. The third-order valence-corrected chi connectivity index (χ3v) is 2.14. The Kier molecular flexibility index (Phi) is 4.75. The van der Waals surface area contributed by atoms with Crippen LogP contribution in [0.15, 0.2) is 22.7 Å². The van der Waals surface area contributed by atoms with Gasteiger partial charge in [0, 0.05) is 18.0 Å². The molecule has 0 radical (unpaired) electrons. The van der Waals surface area contributed by atoms with Gasteiger partial charge in [-0.1, -0.05) is 5.16 Å². The molecule has 0 fully saturated rings. The molecule has 1 atom stereocenters. The average Bonchev–Trinajstić information content (AvgIpc) is 2.69. The van der Waals surface area contributed by atoms with E-state index in [-0.39, 0.29) is 24.3 Å². The Balaban J connectivity index is 0.00000162. The molecule has 1 aromatic heterocycles. The van der Waals surface area contributed by atoms with Gasteiger partial charge in [-0.15, -0.1) is 12.4 Å². The van der Waals surface area contributed by atoms with Crippen molar-refractivity contribution < 1.29 is 13.3 Å². The van der Waals surface area contributed by atoms with Gasteiger partial charge in [-0.2, -0.15) is 4.98 Å². The molecule has 2 aromatic rings. The summed E-state index contributed by atoms with van der Waals surface area (Å²) in [7, 11) is 0. The van der Waals surface area contributed by atoms with Gasteiger partial charge in [0.15, 0.2) is 11.6 Å². The number of nitrogens with zero attached hydrogens (tertiary/aromatic N) is 2. The molecule has 0 bridgehead atoms. The lowest BCUT2D eigenvalue weighted by atomic mass is 10.2. The normalized spacial score (nSPS) is 12.0. The van der Waals surface area contributed by atoms with Crippen molar-refractivity contribution in [2.75, 3.05) is 0 Å². The lowest BCUT2D eigenvalue weighted by molar-refractivity contribution is 0.372. The molecule has 0 saturated carbocycles. The van der Waals surface area contributed by atoms with Crippen LogP contribution in [0.4, 0.5) is 8.78 Å². The number of hydrogen-bond donors (Lipinski definition) is 1. The number of nitrogens with two attached hydrogens (primary N) is 1. The largest absolute Gasteiger partial charge is 0.339 e. The molecule has 98 valence electrons. The van der Waals surface area contributed by atoms with Crippen LogP contribution in [0.3, 0.4) is 0 Å². The van der Waals surface area contributed by atoms with Crippen LogP contribution in [0.1, 0.15) is 12.8 Å². The summed E-state index contributed by atoms with van der Waals surface area (Å²) in [5.74, 6) is -1.26. The summed E-state index contributed by atoms with van der Waals surface area (Å²) < 4.78 is 30.7. The minimum absolute atomic E-state index is 0. The third kappa shape index (κ3) is 3.24. The van der Waals surface area contributed by atoms with Crippen LogP contribution in [0.25, 0.3) is 11.4 Å². The monoisotopic (exact) mass is 275 g/mol. The summed E-state index contributed by atoms with van der Waals surface area (Å²) in [6.07, 6.45) is 0.441. The van der Waals surface area contributed by atoms with Crippen LogP contribution >= 0.6 is 12.4 Å². The van der Waals surface area contributed by atoms with Gasteiger partial charge in [0.2, 0.25) is 11.7 Å². The maximum Gasteiger partial charge on any atom is 0.228 e. The number of halogens is 3. The van der Waals surface area contributed by atoms with Crippen molar-refractivity contribution in [1.29, 1.82) is 0 Å². The fourth-order valence-corrected chi connectivity index (χ4v) is 1.37. The maximum absolute atomic E-state index is 13.0. The lowest BCUT2D eigenvalue weighted by Crippen LogP contribution is -2.17. The van der Waals surface area contributed by atoms with Crippen molar-refractivity contribution in [2.45, 2.75) is 19.4 Å². The fourth-order valence-electron chi connectivity index (χ4n) is 1.37. The van der Waals surface area contributed by atoms with Crippen LogP contribution < -0.4 is 5.73 Å². The van der Waals surface area contributed by atoms with E-state index >= 15 is 0 Å². The van der Waals surface area contributed by atoms with Crippen molar-refractivity contribution in [1.82, 2.24) is 10.1 Å². The Hall–Kier alpha value is -1.53.